The summed E-state index contributed by atoms with van der Waals surface area (Å²) in [5.74, 6) is 0.747. The molecule has 106 valence electrons. The summed E-state index contributed by atoms with van der Waals surface area (Å²) in [6.07, 6.45) is 4.96. The zero-order valence-electron chi connectivity index (χ0n) is 11.7. The van der Waals surface area contributed by atoms with Crippen molar-refractivity contribution in [3.8, 4) is 5.75 Å². The summed E-state index contributed by atoms with van der Waals surface area (Å²) in [5, 5.41) is 2.92. The fourth-order valence-electron chi connectivity index (χ4n) is 1.95. The predicted octanol–water partition coefficient (Wildman–Crippen LogP) is 2.71. The van der Waals surface area contributed by atoms with Crippen molar-refractivity contribution in [1.82, 2.24) is 9.88 Å². The smallest absolute Gasteiger partial charge is 0.251 e. The molecule has 1 heterocycles. The van der Waals surface area contributed by atoms with Gasteiger partial charge in [0.15, 0.2) is 0 Å². The van der Waals surface area contributed by atoms with Crippen LogP contribution in [0.15, 0.2) is 48.8 Å². The van der Waals surface area contributed by atoms with Crippen LogP contribution >= 0.6 is 0 Å². The van der Waals surface area contributed by atoms with E-state index in [9.17, 15) is 4.79 Å². The molecule has 20 heavy (non-hydrogen) atoms. The van der Waals surface area contributed by atoms with Crippen LogP contribution in [0.4, 0.5) is 0 Å². The van der Waals surface area contributed by atoms with E-state index in [1.807, 2.05) is 43.6 Å². The van der Waals surface area contributed by atoms with Gasteiger partial charge < -0.3 is 14.6 Å². The van der Waals surface area contributed by atoms with E-state index < -0.39 is 0 Å². The standard InChI is InChI=1S/C16H20N2O2/c1-2-20-15-8-6-14(7-9-15)16(19)17-10-5-13-18-11-3-4-12-18/h3-4,6-9,11-12H,2,5,10,13H2,1H3,(H,17,19). The molecule has 0 spiro atoms. The fraction of sp³-hybridized carbons (Fsp3) is 0.312. The van der Waals surface area contributed by atoms with E-state index in [4.69, 9.17) is 4.74 Å². The van der Waals surface area contributed by atoms with Gasteiger partial charge in [0.25, 0.3) is 5.91 Å². The molecule has 1 aromatic carbocycles. The van der Waals surface area contributed by atoms with Crippen molar-refractivity contribution < 1.29 is 9.53 Å². The molecule has 4 heteroatoms. The first kappa shape index (κ1) is 14.2. The average Bonchev–Trinajstić information content (AvgIpc) is 2.98. The number of rotatable bonds is 7. The molecule has 1 N–H and O–H groups in total. The molecule has 1 amide bonds. The molecule has 4 nitrogen and oxygen atoms in total. The average molecular weight is 272 g/mol. The molecule has 0 aliphatic carbocycles. The Morgan fingerprint density at radius 1 is 1.20 bits per heavy atom. The summed E-state index contributed by atoms with van der Waals surface area (Å²) < 4.78 is 7.45. The Hall–Kier alpha value is -2.23. The molecule has 2 rings (SSSR count). The molecule has 0 saturated heterocycles. The number of aromatic nitrogens is 1. The fourth-order valence-corrected chi connectivity index (χ4v) is 1.95. The largest absolute Gasteiger partial charge is 0.494 e. The maximum Gasteiger partial charge on any atom is 0.251 e. The van der Waals surface area contributed by atoms with Crippen LogP contribution in [0.1, 0.15) is 23.7 Å². The lowest BCUT2D eigenvalue weighted by Crippen LogP contribution is -2.25. The van der Waals surface area contributed by atoms with E-state index >= 15 is 0 Å². The predicted molar refractivity (Wildman–Crippen MR) is 79.0 cm³/mol. The van der Waals surface area contributed by atoms with E-state index in [-0.39, 0.29) is 5.91 Å². The zero-order valence-corrected chi connectivity index (χ0v) is 11.7. The highest BCUT2D eigenvalue weighted by Crippen LogP contribution is 2.11. The van der Waals surface area contributed by atoms with Crippen LogP contribution in [-0.2, 0) is 6.54 Å². The first-order chi connectivity index (χ1) is 9.79. The van der Waals surface area contributed by atoms with Crippen molar-refractivity contribution in [2.75, 3.05) is 13.2 Å². The monoisotopic (exact) mass is 272 g/mol. The molecule has 0 aliphatic rings. The molecule has 1 aromatic heterocycles. The van der Waals surface area contributed by atoms with E-state index in [0.29, 0.717) is 18.7 Å². The number of hydrogen-bond acceptors (Lipinski definition) is 2. The first-order valence-electron chi connectivity index (χ1n) is 6.91. The maximum absolute atomic E-state index is 11.9. The highest BCUT2D eigenvalue weighted by Gasteiger charge is 2.04. The molecule has 0 saturated carbocycles. The number of nitrogens with one attached hydrogen (secondary N) is 1. The van der Waals surface area contributed by atoms with Gasteiger partial charge in [-0.1, -0.05) is 0 Å². The van der Waals surface area contributed by atoms with Gasteiger partial charge in [0.05, 0.1) is 6.61 Å². The summed E-state index contributed by atoms with van der Waals surface area (Å²) in [5.41, 5.74) is 0.661. The molecule has 0 unspecified atom stereocenters. The number of carbonyl (C=O) groups excluding carboxylic acids is 1. The van der Waals surface area contributed by atoms with E-state index in [1.165, 1.54) is 0 Å². The van der Waals surface area contributed by atoms with Gasteiger partial charge >= 0.3 is 0 Å². The Labute approximate surface area is 119 Å². The minimum Gasteiger partial charge on any atom is -0.494 e. The lowest BCUT2D eigenvalue weighted by molar-refractivity contribution is 0.0952. The van der Waals surface area contributed by atoms with Crippen molar-refractivity contribution >= 4 is 5.91 Å². The van der Waals surface area contributed by atoms with Gasteiger partial charge in [0.2, 0.25) is 0 Å². The van der Waals surface area contributed by atoms with Crippen LogP contribution in [0, 0.1) is 0 Å². The zero-order chi connectivity index (χ0) is 14.2. The highest BCUT2D eigenvalue weighted by molar-refractivity contribution is 5.94. The molecular formula is C16H20N2O2. The first-order valence-corrected chi connectivity index (χ1v) is 6.91. The topological polar surface area (TPSA) is 43.3 Å². The summed E-state index contributed by atoms with van der Waals surface area (Å²) in [6, 6.07) is 11.2. The lowest BCUT2D eigenvalue weighted by atomic mass is 10.2. The van der Waals surface area contributed by atoms with Crippen LogP contribution in [0.25, 0.3) is 0 Å². The SMILES string of the molecule is CCOc1ccc(C(=O)NCCCn2cccc2)cc1. The number of ether oxygens (including phenoxy) is 1. The third-order valence-corrected chi connectivity index (χ3v) is 2.97. The van der Waals surface area contributed by atoms with Gasteiger partial charge in [0, 0.05) is 31.0 Å². The Morgan fingerprint density at radius 3 is 2.55 bits per heavy atom. The lowest BCUT2D eigenvalue weighted by Gasteiger charge is -2.07. The Kier molecular flexibility index (Phi) is 5.24. The normalized spacial score (nSPS) is 10.2. The minimum atomic E-state index is -0.0412. The third kappa shape index (κ3) is 4.16. The van der Waals surface area contributed by atoms with E-state index in [0.717, 1.165) is 18.7 Å². The number of aryl methyl sites for hydroxylation is 1. The second-order valence-electron chi connectivity index (χ2n) is 4.49. The van der Waals surface area contributed by atoms with E-state index in [2.05, 4.69) is 9.88 Å². The molecule has 0 radical (unpaired) electrons. The van der Waals surface area contributed by atoms with Crippen LogP contribution in [-0.4, -0.2) is 23.6 Å². The number of amides is 1. The second kappa shape index (κ2) is 7.38. The summed E-state index contributed by atoms with van der Waals surface area (Å²) >= 11 is 0. The number of benzene rings is 1. The molecule has 2 aromatic rings. The van der Waals surface area contributed by atoms with E-state index in [1.54, 1.807) is 12.1 Å². The van der Waals surface area contributed by atoms with Gasteiger partial charge in [-0.2, -0.15) is 0 Å². The minimum absolute atomic E-state index is 0.0412. The highest BCUT2D eigenvalue weighted by atomic mass is 16.5. The summed E-state index contributed by atoms with van der Waals surface area (Å²) in [4.78, 5) is 11.9. The molecule has 0 bridgehead atoms. The van der Waals surface area contributed by atoms with Gasteiger partial charge in [-0.25, -0.2) is 0 Å². The molecule has 0 aliphatic heterocycles. The van der Waals surface area contributed by atoms with Crippen molar-refractivity contribution in [3.63, 3.8) is 0 Å². The van der Waals surface area contributed by atoms with Crippen LogP contribution in [0.3, 0.4) is 0 Å². The van der Waals surface area contributed by atoms with Gasteiger partial charge in [-0.15, -0.1) is 0 Å². The maximum atomic E-state index is 11.9. The van der Waals surface area contributed by atoms with Gasteiger partial charge in [0.1, 0.15) is 5.75 Å². The quantitative estimate of drug-likeness (QED) is 0.788. The van der Waals surface area contributed by atoms with Gasteiger partial charge in [-0.05, 0) is 49.7 Å². The molecule has 0 fully saturated rings. The Bertz CT molecular complexity index is 518. The van der Waals surface area contributed by atoms with Crippen molar-refractivity contribution in [1.29, 1.82) is 0 Å². The summed E-state index contributed by atoms with van der Waals surface area (Å²) in [6.45, 7) is 4.15. The Balaban J connectivity index is 1.73. The molecule has 0 atom stereocenters. The molecular weight excluding hydrogens is 252 g/mol. The van der Waals surface area contributed by atoms with Gasteiger partial charge in [-0.3, -0.25) is 4.79 Å². The summed E-state index contributed by atoms with van der Waals surface area (Å²) in [7, 11) is 0. The van der Waals surface area contributed by atoms with Crippen molar-refractivity contribution in [2.24, 2.45) is 0 Å². The van der Waals surface area contributed by atoms with Crippen LogP contribution < -0.4 is 10.1 Å². The number of nitrogens with zero attached hydrogens (tertiary/aromatic N) is 1. The van der Waals surface area contributed by atoms with Crippen LogP contribution in [0.5, 0.6) is 5.75 Å². The van der Waals surface area contributed by atoms with Crippen molar-refractivity contribution in [2.45, 2.75) is 19.9 Å². The Morgan fingerprint density at radius 2 is 1.90 bits per heavy atom. The van der Waals surface area contributed by atoms with Crippen LogP contribution in [0.2, 0.25) is 0 Å². The third-order valence-electron chi connectivity index (χ3n) is 2.97. The number of hydrogen-bond donors (Lipinski definition) is 1. The number of carbonyl (C=O) groups is 1. The second-order valence-corrected chi connectivity index (χ2v) is 4.49. The van der Waals surface area contributed by atoms with Crippen molar-refractivity contribution in [3.05, 3.63) is 54.4 Å².